The molecule has 0 saturated heterocycles. The van der Waals surface area contributed by atoms with Gasteiger partial charge in [0.2, 0.25) is 0 Å². The highest BCUT2D eigenvalue weighted by Crippen LogP contribution is 2.28. The lowest BCUT2D eigenvalue weighted by atomic mass is 10.0. The predicted molar refractivity (Wildman–Crippen MR) is 73.7 cm³/mol. The third kappa shape index (κ3) is 2.69. The molecule has 1 heterocycles. The number of aromatic nitrogens is 2. The molecular weight excluding hydrogens is 254 g/mol. The summed E-state index contributed by atoms with van der Waals surface area (Å²) in [6.07, 6.45) is 1.41. The number of benzene rings is 1. The van der Waals surface area contributed by atoms with Crippen LogP contribution in [-0.2, 0) is 12.8 Å². The van der Waals surface area contributed by atoms with Crippen LogP contribution in [0.15, 0.2) is 24.3 Å². The van der Waals surface area contributed by atoms with E-state index in [9.17, 15) is 10.4 Å². The van der Waals surface area contributed by atoms with Crippen molar-refractivity contribution in [3.63, 3.8) is 0 Å². The SMILES string of the molecule is CCc1nnc(Oc2cccc(O)c2)c(C#N)c1CC. The maximum absolute atomic E-state index is 9.42. The first-order valence-corrected chi connectivity index (χ1v) is 6.45. The van der Waals surface area contributed by atoms with Crippen molar-refractivity contribution in [1.82, 2.24) is 10.2 Å². The van der Waals surface area contributed by atoms with Crippen LogP contribution >= 0.6 is 0 Å². The van der Waals surface area contributed by atoms with Gasteiger partial charge in [0.15, 0.2) is 0 Å². The van der Waals surface area contributed by atoms with E-state index < -0.39 is 0 Å². The van der Waals surface area contributed by atoms with Crippen molar-refractivity contribution in [3.05, 3.63) is 41.1 Å². The summed E-state index contributed by atoms with van der Waals surface area (Å²) in [5, 5.41) is 26.8. The fraction of sp³-hybridized carbons (Fsp3) is 0.267. The minimum Gasteiger partial charge on any atom is -0.508 e. The molecule has 102 valence electrons. The molecule has 0 saturated carbocycles. The lowest BCUT2D eigenvalue weighted by Crippen LogP contribution is -2.05. The first-order valence-electron chi connectivity index (χ1n) is 6.45. The van der Waals surface area contributed by atoms with Crippen molar-refractivity contribution in [2.24, 2.45) is 0 Å². The van der Waals surface area contributed by atoms with Crippen molar-refractivity contribution >= 4 is 0 Å². The predicted octanol–water partition coefficient (Wildman–Crippen LogP) is 2.97. The number of hydrogen-bond acceptors (Lipinski definition) is 5. The summed E-state index contributed by atoms with van der Waals surface area (Å²) in [4.78, 5) is 0. The molecule has 1 aromatic carbocycles. The number of nitriles is 1. The molecule has 1 aromatic heterocycles. The Hall–Kier alpha value is -2.61. The van der Waals surface area contributed by atoms with E-state index in [0.29, 0.717) is 17.7 Å². The van der Waals surface area contributed by atoms with Gasteiger partial charge >= 0.3 is 0 Å². The topological polar surface area (TPSA) is 79.0 Å². The monoisotopic (exact) mass is 269 g/mol. The van der Waals surface area contributed by atoms with Crippen molar-refractivity contribution in [1.29, 1.82) is 5.26 Å². The molecular formula is C15H15N3O2. The lowest BCUT2D eigenvalue weighted by Gasteiger charge is -2.11. The number of phenolic OH excluding ortho intramolecular Hbond substituents is 1. The van der Waals surface area contributed by atoms with Gasteiger partial charge in [0, 0.05) is 6.07 Å². The number of ether oxygens (including phenoxy) is 1. The molecule has 5 nitrogen and oxygen atoms in total. The Morgan fingerprint density at radius 3 is 2.65 bits per heavy atom. The molecule has 0 amide bonds. The van der Waals surface area contributed by atoms with E-state index in [1.807, 2.05) is 13.8 Å². The highest BCUT2D eigenvalue weighted by Gasteiger charge is 2.16. The van der Waals surface area contributed by atoms with Gasteiger partial charge in [-0.15, -0.1) is 5.10 Å². The van der Waals surface area contributed by atoms with Crippen LogP contribution in [0, 0.1) is 11.3 Å². The molecule has 5 heteroatoms. The highest BCUT2D eigenvalue weighted by molar-refractivity contribution is 5.48. The third-order valence-corrected chi connectivity index (χ3v) is 2.96. The summed E-state index contributed by atoms with van der Waals surface area (Å²) in [6.45, 7) is 3.94. The molecule has 2 aromatic rings. The average molecular weight is 269 g/mol. The number of rotatable bonds is 4. The van der Waals surface area contributed by atoms with Crippen molar-refractivity contribution in [3.8, 4) is 23.4 Å². The van der Waals surface area contributed by atoms with E-state index in [4.69, 9.17) is 4.74 Å². The molecule has 0 bridgehead atoms. The standard InChI is InChI=1S/C15H15N3O2/c1-3-12-13(9-16)15(18-17-14(12)4-2)20-11-7-5-6-10(19)8-11/h5-8,19H,3-4H2,1-2H3. The summed E-state index contributed by atoms with van der Waals surface area (Å²) >= 11 is 0. The van der Waals surface area contributed by atoms with Crippen molar-refractivity contribution < 1.29 is 9.84 Å². The van der Waals surface area contributed by atoms with Gasteiger partial charge in [0.1, 0.15) is 23.1 Å². The third-order valence-electron chi connectivity index (χ3n) is 2.96. The van der Waals surface area contributed by atoms with Gasteiger partial charge in [-0.3, -0.25) is 0 Å². The van der Waals surface area contributed by atoms with E-state index in [-0.39, 0.29) is 11.6 Å². The highest BCUT2D eigenvalue weighted by atomic mass is 16.5. The van der Waals surface area contributed by atoms with Crippen LogP contribution in [0.1, 0.15) is 30.7 Å². The average Bonchev–Trinajstić information content (AvgIpc) is 2.46. The molecule has 20 heavy (non-hydrogen) atoms. The Balaban J connectivity index is 2.45. The van der Waals surface area contributed by atoms with Gasteiger partial charge in [-0.05, 0) is 30.5 Å². The molecule has 0 radical (unpaired) electrons. The Labute approximate surface area is 117 Å². The fourth-order valence-corrected chi connectivity index (χ4v) is 2.00. The zero-order valence-corrected chi connectivity index (χ0v) is 11.4. The van der Waals surface area contributed by atoms with Crippen LogP contribution in [0.25, 0.3) is 0 Å². The normalized spacial score (nSPS) is 10.1. The minimum atomic E-state index is 0.0925. The summed E-state index contributed by atoms with van der Waals surface area (Å²) in [5.41, 5.74) is 2.08. The molecule has 2 rings (SSSR count). The summed E-state index contributed by atoms with van der Waals surface area (Å²) in [6, 6.07) is 8.48. The lowest BCUT2D eigenvalue weighted by molar-refractivity contribution is 0.438. The number of aryl methyl sites for hydroxylation is 1. The van der Waals surface area contributed by atoms with E-state index in [0.717, 1.165) is 17.7 Å². The first kappa shape index (κ1) is 13.8. The quantitative estimate of drug-likeness (QED) is 0.923. The Morgan fingerprint density at radius 1 is 1.25 bits per heavy atom. The van der Waals surface area contributed by atoms with Gasteiger partial charge < -0.3 is 9.84 Å². The zero-order chi connectivity index (χ0) is 14.5. The van der Waals surface area contributed by atoms with Crippen molar-refractivity contribution in [2.75, 3.05) is 0 Å². The molecule has 1 N–H and O–H groups in total. The zero-order valence-electron chi connectivity index (χ0n) is 11.4. The van der Waals surface area contributed by atoms with Crippen LogP contribution in [0.2, 0.25) is 0 Å². The van der Waals surface area contributed by atoms with E-state index in [1.54, 1.807) is 18.2 Å². The van der Waals surface area contributed by atoms with E-state index in [1.165, 1.54) is 6.07 Å². The molecule has 0 atom stereocenters. The van der Waals surface area contributed by atoms with Crippen LogP contribution in [-0.4, -0.2) is 15.3 Å². The van der Waals surface area contributed by atoms with Crippen LogP contribution in [0.4, 0.5) is 0 Å². The molecule has 0 unspecified atom stereocenters. The van der Waals surface area contributed by atoms with Gasteiger partial charge in [-0.25, -0.2) is 0 Å². The molecule has 0 spiro atoms. The van der Waals surface area contributed by atoms with Crippen LogP contribution < -0.4 is 4.74 Å². The fourth-order valence-electron chi connectivity index (χ4n) is 2.00. The van der Waals surface area contributed by atoms with Gasteiger partial charge in [0.05, 0.1) is 5.69 Å². The number of aromatic hydroxyl groups is 1. The summed E-state index contributed by atoms with van der Waals surface area (Å²) < 4.78 is 5.57. The number of nitrogens with zero attached hydrogens (tertiary/aromatic N) is 3. The van der Waals surface area contributed by atoms with E-state index in [2.05, 4.69) is 16.3 Å². The second-order valence-corrected chi connectivity index (χ2v) is 4.22. The maximum Gasteiger partial charge on any atom is 0.257 e. The molecule has 0 aliphatic rings. The smallest absolute Gasteiger partial charge is 0.257 e. The minimum absolute atomic E-state index is 0.0925. The van der Waals surface area contributed by atoms with Gasteiger partial charge in [0.25, 0.3) is 5.88 Å². The van der Waals surface area contributed by atoms with Gasteiger partial charge in [-0.2, -0.15) is 10.4 Å². The van der Waals surface area contributed by atoms with Crippen molar-refractivity contribution in [2.45, 2.75) is 26.7 Å². The largest absolute Gasteiger partial charge is 0.508 e. The van der Waals surface area contributed by atoms with Crippen LogP contribution in [0.3, 0.4) is 0 Å². The second kappa shape index (κ2) is 6.02. The maximum atomic E-state index is 9.42. The molecule has 0 fully saturated rings. The van der Waals surface area contributed by atoms with Crippen LogP contribution in [0.5, 0.6) is 17.4 Å². The number of hydrogen-bond donors (Lipinski definition) is 1. The Kier molecular flexibility index (Phi) is 4.16. The second-order valence-electron chi connectivity index (χ2n) is 4.22. The Morgan fingerprint density at radius 2 is 2.05 bits per heavy atom. The van der Waals surface area contributed by atoms with Gasteiger partial charge in [-0.1, -0.05) is 19.9 Å². The van der Waals surface area contributed by atoms with E-state index >= 15 is 0 Å². The molecule has 0 aliphatic heterocycles. The Bertz CT molecular complexity index is 663. The summed E-state index contributed by atoms with van der Waals surface area (Å²) in [7, 11) is 0. The first-order chi connectivity index (χ1) is 9.69. The summed E-state index contributed by atoms with van der Waals surface area (Å²) in [5.74, 6) is 0.684. The number of phenols is 1. The molecule has 0 aliphatic carbocycles.